The molecule has 0 N–H and O–H groups in total. The quantitative estimate of drug-likeness (QED) is 0.776. The standard InChI is InChI=1S/C14H17N3S/c1-17-8-6-11(7-9-17)15-10-14-16-12-4-2-3-5-13(12)18-14/h2-5,10-11H,6-9H2,1H3. The van der Waals surface area contributed by atoms with E-state index in [9.17, 15) is 0 Å². The third-order valence-corrected chi connectivity index (χ3v) is 4.37. The first-order valence-corrected chi connectivity index (χ1v) is 7.20. The second kappa shape index (κ2) is 5.16. The Kier molecular flexibility index (Phi) is 3.39. The smallest absolute Gasteiger partial charge is 0.135 e. The first-order valence-electron chi connectivity index (χ1n) is 6.38. The van der Waals surface area contributed by atoms with Gasteiger partial charge in [0.05, 0.1) is 22.5 Å². The number of aromatic nitrogens is 1. The van der Waals surface area contributed by atoms with Crippen LogP contribution in [0.25, 0.3) is 10.2 Å². The molecule has 0 unspecified atom stereocenters. The molecule has 18 heavy (non-hydrogen) atoms. The second-order valence-corrected chi connectivity index (χ2v) is 5.89. The number of aliphatic imine (C=N–C) groups is 1. The van der Waals surface area contributed by atoms with Crippen LogP contribution < -0.4 is 0 Å². The van der Waals surface area contributed by atoms with Crippen LogP contribution in [0.1, 0.15) is 17.8 Å². The van der Waals surface area contributed by atoms with Gasteiger partial charge in [0.2, 0.25) is 0 Å². The van der Waals surface area contributed by atoms with Crippen LogP contribution >= 0.6 is 11.3 Å². The highest BCUT2D eigenvalue weighted by atomic mass is 32.1. The molecule has 4 heteroatoms. The van der Waals surface area contributed by atoms with Gasteiger partial charge >= 0.3 is 0 Å². The predicted molar refractivity (Wildman–Crippen MR) is 77.7 cm³/mol. The van der Waals surface area contributed by atoms with Crippen molar-refractivity contribution in [1.82, 2.24) is 9.88 Å². The van der Waals surface area contributed by atoms with Gasteiger partial charge in [-0.05, 0) is 45.1 Å². The summed E-state index contributed by atoms with van der Waals surface area (Å²) in [4.78, 5) is 11.6. The maximum absolute atomic E-state index is 4.68. The zero-order chi connectivity index (χ0) is 12.4. The summed E-state index contributed by atoms with van der Waals surface area (Å²) >= 11 is 1.72. The predicted octanol–water partition coefficient (Wildman–Crippen LogP) is 2.81. The average Bonchev–Trinajstić information content (AvgIpc) is 2.81. The Morgan fingerprint density at radius 2 is 2.11 bits per heavy atom. The molecular formula is C14H17N3S. The highest BCUT2D eigenvalue weighted by molar-refractivity contribution is 7.20. The molecule has 2 aromatic rings. The fourth-order valence-electron chi connectivity index (χ4n) is 2.26. The summed E-state index contributed by atoms with van der Waals surface area (Å²) in [6.45, 7) is 2.31. The van der Waals surface area contributed by atoms with E-state index in [1.165, 1.54) is 4.70 Å². The molecule has 0 amide bonds. The number of fused-ring (bicyclic) bond motifs is 1. The molecule has 0 bridgehead atoms. The van der Waals surface area contributed by atoms with Crippen molar-refractivity contribution in [2.24, 2.45) is 4.99 Å². The van der Waals surface area contributed by atoms with E-state index in [4.69, 9.17) is 0 Å². The topological polar surface area (TPSA) is 28.5 Å². The number of benzene rings is 1. The van der Waals surface area contributed by atoms with Crippen LogP contribution in [0.3, 0.4) is 0 Å². The van der Waals surface area contributed by atoms with Gasteiger partial charge in [0, 0.05) is 0 Å². The van der Waals surface area contributed by atoms with E-state index in [1.54, 1.807) is 11.3 Å². The van der Waals surface area contributed by atoms with Gasteiger partial charge < -0.3 is 4.90 Å². The number of rotatable bonds is 2. The first kappa shape index (κ1) is 11.8. The Bertz CT molecular complexity index is 520. The summed E-state index contributed by atoms with van der Waals surface area (Å²) in [7, 11) is 2.17. The van der Waals surface area contributed by atoms with Crippen molar-refractivity contribution in [2.75, 3.05) is 20.1 Å². The van der Waals surface area contributed by atoms with E-state index >= 15 is 0 Å². The fraction of sp³-hybridized carbons (Fsp3) is 0.429. The fourth-order valence-corrected chi connectivity index (χ4v) is 3.11. The maximum Gasteiger partial charge on any atom is 0.135 e. The zero-order valence-electron chi connectivity index (χ0n) is 10.5. The lowest BCUT2D eigenvalue weighted by molar-refractivity contribution is 0.257. The molecule has 0 atom stereocenters. The van der Waals surface area contributed by atoms with Crippen molar-refractivity contribution < 1.29 is 0 Å². The summed E-state index contributed by atoms with van der Waals surface area (Å²) in [6, 6.07) is 8.73. The van der Waals surface area contributed by atoms with Crippen molar-refractivity contribution in [1.29, 1.82) is 0 Å². The summed E-state index contributed by atoms with van der Waals surface area (Å²) in [5, 5.41) is 1.02. The molecule has 2 heterocycles. The summed E-state index contributed by atoms with van der Waals surface area (Å²) < 4.78 is 1.24. The lowest BCUT2D eigenvalue weighted by atomic mass is 10.1. The molecule has 1 aliphatic rings. The van der Waals surface area contributed by atoms with Crippen LogP contribution in [0.2, 0.25) is 0 Å². The number of hydrogen-bond donors (Lipinski definition) is 0. The molecule has 3 nitrogen and oxygen atoms in total. The van der Waals surface area contributed by atoms with Gasteiger partial charge in [-0.15, -0.1) is 11.3 Å². The Morgan fingerprint density at radius 3 is 2.89 bits per heavy atom. The summed E-state index contributed by atoms with van der Waals surface area (Å²) in [6.07, 6.45) is 4.29. The second-order valence-electron chi connectivity index (χ2n) is 4.83. The van der Waals surface area contributed by atoms with Gasteiger partial charge in [0.25, 0.3) is 0 Å². The van der Waals surface area contributed by atoms with Gasteiger partial charge in [-0.25, -0.2) is 4.98 Å². The zero-order valence-corrected chi connectivity index (χ0v) is 11.4. The summed E-state index contributed by atoms with van der Waals surface area (Å²) in [5.41, 5.74) is 1.08. The number of hydrogen-bond acceptors (Lipinski definition) is 4. The molecule has 1 aromatic carbocycles. The molecule has 1 aromatic heterocycles. The Hall–Kier alpha value is -1.26. The molecule has 1 aliphatic heterocycles. The molecule has 1 saturated heterocycles. The summed E-state index contributed by atoms with van der Waals surface area (Å²) in [5.74, 6) is 0. The largest absolute Gasteiger partial charge is 0.306 e. The van der Waals surface area contributed by atoms with Crippen molar-refractivity contribution >= 4 is 27.8 Å². The van der Waals surface area contributed by atoms with Crippen LogP contribution in [0, 0.1) is 0 Å². The molecule has 1 fully saturated rings. The third-order valence-electron chi connectivity index (χ3n) is 3.39. The van der Waals surface area contributed by atoms with Gasteiger partial charge in [-0.2, -0.15) is 0 Å². The minimum atomic E-state index is 0.480. The number of nitrogens with zero attached hydrogens (tertiary/aromatic N) is 3. The Morgan fingerprint density at radius 1 is 1.33 bits per heavy atom. The average molecular weight is 259 g/mol. The van der Waals surface area contributed by atoms with Crippen LogP contribution in [-0.4, -0.2) is 42.3 Å². The SMILES string of the molecule is CN1CCC(N=Cc2nc3ccccc3s2)CC1. The molecular weight excluding hydrogens is 242 g/mol. The highest BCUT2D eigenvalue weighted by Gasteiger charge is 2.14. The minimum absolute atomic E-state index is 0.480. The van der Waals surface area contributed by atoms with Gasteiger partial charge in [0.1, 0.15) is 5.01 Å². The van der Waals surface area contributed by atoms with Crippen molar-refractivity contribution in [3.8, 4) is 0 Å². The van der Waals surface area contributed by atoms with Gasteiger partial charge in [0.15, 0.2) is 0 Å². The first-order chi connectivity index (χ1) is 8.81. The van der Waals surface area contributed by atoms with E-state index < -0.39 is 0 Å². The number of piperidine rings is 1. The van der Waals surface area contributed by atoms with E-state index in [-0.39, 0.29) is 0 Å². The van der Waals surface area contributed by atoms with Crippen molar-refractivity contribution in [3.63, 3.8) is 0 Å². The molecule has 0 aliphatic carbocycles. The monoisotopic (exact) mass is 259 g/mol. The molecule has 0 radical (unpaired) electrons. The van der Waals surface area contributed by atoms with Crippen LogP contribution in [-0.2, 0) is 0 Å². The number of para-hydroxylation sites is 1. The number of likely N-dealkylation sites (tertiary alicyclic amines) is 1. The molecule has 0 saturated carbocycles. The normalized spacial score (nSPS) is 18.9. The molecule has 0 spiro atoms. The van der Waals surface area contributed by atoms with Crippen LogP contribution in [0.5, 0.6) is 0 Å². The van der Waals surface area contributed by atoms with Crippen LogP contribution in [0.4, 0.5) is 0 Å². The minimum Gasteiger partial charge on any atom is -0.306 e. The Balaban J connectivity index is 1.71. The van der Waals surface area contributed by atoms with Crippen molar-refractivity contribution in [3.05, 3.63) is 29.3 Å². The number of thiazole rings is 1. The van der Waals surface area contributed by atoms with E-state index in [0.717, 1.165) is 36.5 Å². The molecule has 3 rings (SSSR count). The highest BCUT2D eigenvalue weighted by Crippen LogP contribution is 2.20. The van der Waals surface area contributed by atoms with Crippen molar-refractivity contribution in [2.45, 2.75) is 18.9 Å². The molecule has 94 valence electrons. The van der Waals surface area contributed by atoms with Gasteiger partial charge in [-0.1, -0.05) is 12.1 Å². The van der Waals surface area contributed by atoms with E-state index in [1.807, 2.05) is 12.3 Å². The van der Waals surface area contributed by atoms with Crippen LogP contribution in [0.15, 0.2) is 29.3 Å². The van der Waals surface area contributed by atoms with E-state index in [2.05, 4.69) is 40.1 Å². The Labute approximate surface area is 111 Å². The third kappa shape index (κ3) is 2.60. The van der Waals surface area contributed by atoms with E-state index in [0.29, 0.717) is 6.04 Å². The maximum atomic E-state index is 4.68. The lowest BCUT2D eigenvalue weighted by Gasteiger charge is -2.26. The lowest BCUT2D eigenvalue weighted by Crippen LogP contribution is -2.32. The van der Waals surface area contributed by atoms with Gasteiger partial charge in [-0.3, -0.25) is 4.99 Å².